The van der Waals surface area contributed by atoms with Crippen molar-refractivity contribution in [3.05, 3.63) is 59.7 Å². The highest BCUT2D eigenvalue weighted by Gasteiger charge is 2.24. The number of rotatable bonds is 2. The van der Waals surface area contributed by atoms with Crippen LogP contribution in [0.2, 0.25) is 5.02 Å². The van der Waals surface area contributed by atoms with Crippen LogP contribution in [0.1, 0.15) is 17.9 Å². The van der Waals surface area contributed by atoms with Crippen molar-refractivity contribution in [1.29, 1.82) is 0 Å². The lowest BCUT2D eigenvalue weighted by atomic mass is 10.0. The summed E-state index contributed by atoms with van der Waals surface area (Å²) in [5, 5.41) is 0.765. The van der Waals surface area contributed by atoms with E-state index in [1.165, 1.54) is 12.0 Å². The molecule has 2 heteroatoms. The van der Waals surface area contributed by atoms with Gasteiger partial charge in [0.1, 0.15) is 0 Å². The number of nitrogens with zero attached hydrogens (tertiary/aromatic N) is 1. The molecule has 1 aliphatic rings. The van der Waals surface area contributed by atoms with Crippen molar-refractivity contribution in [2.75, 3.05) is 0 Å². The van der Waals surface area contributed by atoms with Gasteiger partial charge in [0.05, 0.1) is 0 Å². The third kappa shape index (κ3) is 1.96. The monoisotopic (exact) mass is 228 g/mol. The molecule has 1 heterocycles. The van der Waals surface area contributed by atoms with Gasteiger partial charge in [-0.15, -0.1) is 0 Å². The van der Waals surface area contributed by atoms with Gasteiger partial charge < -0.3 is 0 Å². The predicted molar refractivity (Wildman–Crippen MR) is 66.3 cm³/mol. The fraction of sp³-hybridized carbons (Fsp3) is 0.143. The molecule has 1 radical (unpaired) electrons. The van der Waals surface area contributed by atoms with E-state index in [0.29, 0.717) is 5.92 Å². The molecule has 0 N–H and O–H groups in total. The lowest BCUT2D eigenvalue weighted by molar-refractivity contribution is 1.12. The van der Waals surface area contributed by atoms with Crippen LogP contribution in [-0.2, 0) is 0 Å². The minimum absolute atomic E-state index is 0.617. The summed E-state index contributed by atoms with van der Waals surface area (Å²) in [6.45, 7) is 0. The van der Waals surface area contributed by atoms with E-state index in [9.17, 15) is 0 Å². The highest BCUT2D eigenvalue weighted by molar-refractivity contribution is 6.30. The summed E-state index contributed by atoms with van der Waals surface area (Å²) in [4.78, 5) is 4.29. The van der Waals surface area contributed by atoms with Gasteiger partial charge in [-0.1, -0.05) is 23.7 Å². The summed E-state index contributed by atoms with van der Waals surface area (Å²) in [5.74, 6) is 0.617. The number of hydrogen-bond donors (Lipinski definition) is 0. The van der Waals surface area contributed by atoms with Crippen LogP contribution in [0.25, 0.3) is 11.1 Å². The molecule has 1 atom stereocenters. The summed E-state index contributed by atoms with van der Waals surface area (Å²) < 4.78 is 0. The van der Waals surface area contributed by atoms with E-state index in [2.05, 4.69) is 23.5 Å². The quantitative estimate of drug-likeness (QED) is 0.754. The third-order valence-corrected chi connectivity index (χ3v) is 3.05. The highest BCUT2D eigenvalue weighted by Crippen LogP contribution is 2.39. The van der Waals surface area contributed by atoms with Crippen molar-refractivity contribution in [1.82, 2.24) is 4.98 Å². The summed E-state index contributed by atoms with van der Waals surface area (Å²) in [6.07, 6.45) is 7.30. The summed E-state index contributed by atoms with van der Waals surface area (Å²) >= 11 is 5.98. The fourth-order valence-electron chi connectivity index (χ4n) is 1.83. The Hall–Kier alpha value is -1.34. The van der Waals surface area contributed by atoms with Crippen molar-refractivity contribution >= 4 is 11.6 Å². The molecule has 79 valence electrons. The second kappa shape index (κ2) is 3.91. The number of halogens is 1. The van der Waals surface area contributed by atoms with Crippen LogP contribution in [0.15, 0.2) is 42.7 Å². The molecule has 1 nitrogen and oxygen atoms in total. The molecule has 2 aromatic rings. The molecule has 1 unspecified atom stereocenters. The average molecular weight is 229 g/mol. The van der Waals surface area contributed by atoms with Crippen LogP contribution in [-0.4, -0.2) is 4.98 Å². The third-order valence-electron chi connectivity index (χ3n) is 2.82. The number of pyridine rings is 1. The topological polar surface area (TPSA) is 12.9 Å². The van der Waals surface area contributed by atoms with Crippen molar-refractivity contribution in [3.8, 4) is 11.1 Å². The SMILES string of the molecule is Clc1cccc(-c2cncc(C3[CH]C3)c2)c1. The van der Waals surface area contributed by atoms with E-state index in [0.717, 1.165) is 16.1 Å². The first-order chi connectivity index (χ1) is 7.83. The van der Waals surface area contributed by atoms with Crippen molar-refractivity contribution in [2.24, 2.45) is 0 Å². The minimum atomic E-state index is 0.617. The zero-order valence-corrected chi connectivity index (χ0v) is 9.48. The van der Waals surface area contributed by atoms with Crippen LogP contribution in [0, 0.1) is 6.42 Å². The fourth-order valence-corrected chi connectivity index (χ4v) is 2.02. The largest absolute Gasteiger partial charge is 0.264 e. The van der Waals surface area contributed by atoms with Gasteiger partial charge in [-0.2, -0.15) is 0 Å². The first-order valence-electron chi connectivity index (χ1n) is 5.37. The van der Waals surface area contributed by atoms with Gasteiger partial charge in [-0.3, -0.25) is 4.98 Å². The number of benzene rings is 1. The molecular formula is C14H11ClN. The van der Waals surface area contributed by atoms with Gasteiger partial charge in [0, 0.05) is 23.0 Å². The Labute approximate surface area is 100 Å². The van der Waals surface area contributed by atoms with Crippen LogP contribution in [0.5, 0.6) is 0 Å². The van der Waals surface area contributed by atoms with E-state index < -0.39 is 0 Å². The molecule has 16 heavy (non-hydrogen) atoms. The average Bonchev–Trinajstić information content (AvgIpc) is 3.13. The summed E-state index contributed by atoms with van der Waals surface area (Å²) in [7, 11) is 0. The Kier molecular flexibility index (Phi) is 2.41. The van der Waals surface area contributed by atoms with Crippen LogP contribution in [0.3, 0.4) is 0 Å². The van der Waals surface area contributed by atoms with Crippen LogP contribution >= 0.6 is 11.6 Å². The second-order valence-electron chi connectivity index (χ2n) is 4.10. The first kappa shape index (κ1) is 9.86. The number of aromatic nitrogens is 1. The Morgan fingerprint density at radius 3 is 2.75 bits per heavy atom. The van der Waals surface area contributed by atoms with Gasteiger partial charge in [-0.25, -0.2) is 0 Å². The maximum atomic E-state index is 5.98. The zero-order chi connectivity index (χ0) is 11.0. The standard InChI is InChI=1S/C14H11ClN/c15-14-3-1-2-11(7-14)13-6-12(8-16-9-13)10-4-5-10/h1-4,6-10H,5H2. The van der Waals surface area contributed by atoms with Gasteiger partial charge in [0.2, 0.25) is 0 Å². The summed E-state index contributed by atoms with van der Waals surface area (Å²) in [5.41, 5.74) is 3.57. The van der Waals surface area contributed by atoms with E-state index in [-0.39, 0.29) is 0 Å². The Balaban J connectivity index is 2.02. The van der Waals surface area contributed by atoms with Crippen molar-refractivity contribution in [2.45, 2.75) is 12.3 Å². The molecule has 3 rings (SSSR count). The van der Waals surface area contributed by atoms with E-state index in [4.69, 9.17) is 11.6 Å². The molecule has 1 fully saturated rings. The van der Waals surface area contributed by atoms with Crippen LogP contribution < -0.4 is 0 Å². The smallest absolute Gasteiger partial charge is 0.0412 e. The predicted octanol–water partition coefficient (Wildman–Crippen LogP) is 4.09. The first-order valence-corrected chi connectivity index (χ1v) is 5.75. The minimum Gasteiger partial charge on any atom is -0.264 e. The maximum absolute atomic E-state index is 5.98. The molecule has 0 amide bonds. The maximum Gasteiger partial charge on any atom is 0.0412 e. The molecule has 1 saturated carbocycles. The zero-order valence-electron chi connectivity index (χ0n) is 8.73. The van der Waals surface area contributed by atoms with E-state index >= 15 is 0 Å². The van der Waals surface area contributed by atoms with Gasteiger partial charge in [0.25, 0.3) is 0 Å². The molecule has 1 aromatic heterocycles. The summed E-state index contributed by atoms with van der Waals surface area (Å²) in [6, 6.07) is 10.1. The van der Waals surface area contributed by atoms with Gasteiger partial charge in [-0.05, 0) is 48.1 Å². The molecular weight excluding hydrogens is 218 g/mol. The molecule has 0 aliphatic heterocycles. The van der Waals surface area contributed by atoms with Crippen molar-refractivity contribution < 1.29 is 0 Å². The van der Waals surface area contributed by atoms with Gasteiger partial charge in [0.15, 0.2) is 0 Å². The lowest BCUT2D eigenvalue weighted by Crippen LogP contribution is -1.85. The van der Waals surface area contributed by atoms with E-state index in [1.807, 2.05) is 30.6 Å². The molecule has 1 aliphatic carbocycles. The normalized spacial score (nSPS) is 15.1. The molecule has 0 saturated heterocycles. The van der Waals surface area contributed by atoms with Crippen LogP contribution in [0.4, 0.5) is 0 Å². The van der Waals surface area contributed by atoms with Gasteiger partial charge >= 0.3 is 0 Å². The molecule has 1 aromatic carbocycles. The van der Waals surface area contributed by atoms with E-state index in [1.54, 1.807) is 0 Å². The number of hydrogen-bond acceptors (Lipinski definition) is 1. The Bertz CT molecular complexity index is 518. The van der Waals surface area contributed by atoms with Crippen molar-refractivity contribution in [3.63, 3.8) is 0 Å². The Morgan fingerprint density at radius 1 is 1.12 bits per heavy atom. The second-order valence-corrected chi connectivity index (χ2v) is 4.53. The molecule has 0 spiro atoms. The highest BCUT2D eigenvalue weighted by atomic mass is 35.5. The lowest BCUT2D eigenvalue weighted by Gasteiger charge is -2.04. The Morgan fingerprint density at radius 2 is 2.00 bits per heavy atom. The molecule has 0 bridgehead atoms.